The van der Waals surface area contributed by atoms with Gasteiger partial charge in [0.2, 0.25) is 0 Å². The summed E-state index contributed by atoms with van der Waals surface area (Å²) in [4.78, 5) is 3.43. The van der Waals surface area contributed by atoms with E-state index in [1.54, 1.807) is 0 Å². The van der Waals surface area contributed by atoms with E-state index in [9.17, 15) is 0 Å². The standard InChI is InChI=1S/C17H18N2O/c1-12-17(13-5-3-2-4-6-13)15-8-7-14(20-10-9-18)11-16(15)19-12/h2-8,11,19H,9-10,18H2,1H3. The van der Waals surface area contributed by atoms with Crippen molar-refractivity contribution >= 4 is 10.9 Å². The second-order valence-electron chi connectivity index (χ2n) is 4.84. The maximum Gasteiger partial charge on any atom is 0.121 e. The molecule has 1 aromatic heterocycles. The minimum absolute atomic E-state index is 0.525. The summed E-state index contributed by atoms with van der Waals surface area (Å²) in [6.07, 6.45) is 0. The first-order valence-electron chi connectivity index (χ1n) is 6.80. The maximum atomic E-state index is 5.57. The largest absolute Gasteiger partial charge is 0.492 e. The molecular weight excluding hydrogens is 248 g/mol. The van der Waals surface area contributed by atoms with Crippen molar-refractivity contribution in [2.75, 3.05) is 13.2 Å². The lowest BCUT2D eigenvalue weighted by molar-refractivity contribution is 0.329. The summed E-state index contributed by atoms with van der Waals surface area (Å²) in [7, 11) is 0. The van der Waals surface area contributed by atoms with Gasteiger partial charge in [-0.1, -0.05) is 30.3 Å². The number of nitrogens with two attached hydrogens (primary N) is 1. The highest BCUT2D eigenvalue weighted by Crippen LogP contribution is 2.33. The lowest BCUT2D eigenvalue weighted by atomic mass is 10.0. The van der Waals surface area contributed by atoms with Crippen LogP contribution in [-0.2, 0) is 0 Å². The van der Waals surface area contributed by atoms with Crippen LogP contribution in [0.2, 0.25) is 0 Å². The highest BCUT2D eigenvalue weighted by atomic mass is 16.5. The van der Waals surface area contributed by atoms with E-state index in [1.807, 2.05) is 18.2 Å². The van der Waals surface area contributed by atoms with Crippen LogP contribution in [0.1, 0.15) is 5.69 Å². The Morgan fingerprint density at radius 2 is 1.90 bits per heavy atom. The Labute approximate surface area is 118 Å². The minimum Gasteiger partial charge on any atom is -0.492 e. The Hall–Kier alpha value is -2.26. The maximum absolute atomic E-state index is 5.57. The lowest BCUT2D eigenvalue weighted by Gasteiger charge is -2.05. The van der Waals surface area contributed by atoms with Crippen molar-refractivity contribution < 1.29 is 4.74 Å². The molecule has 3 aromatic rings. The van der Waals surface area contributed by atoms with Gasteiger partial charge in [0, 0.05) is 34.8 Å². The summed E-state index contributed by atoms with van der Waals surface area (Å²) < 4.78 is 5.57. The van der Waals surface area contributed by atoms with E-state index in [-0.39, 0.29) is 0 Å². The van der Waals surface area contributed by atoms with Crippen molar-refractivity contribution in [3.63, 3.8) is 0 Å². The molecule has 3 N–H and O–H groups in total. The third kappa shape index (κ3) is 2.28. The van der Waals surface area contributed by atoms with E-state index in [0.717, 1.165) is 11.3 Å². The zero-order valence-electron chi connectivity index (χ0n) is 11.5. The lowest BCUT2D eigenvalue weighted by Crippen LogP contribution is -2.10. The fourth-order valence-electron chi connectivity index (χ4n) is 2.55. The zero-order chi connectivity index (χ0) is 13.9. The number of aromatic amines is 1. The van der Waals surface area contributed by atoms with Crippen molar-refractivity contribution in [3.8, 4) is 16.9 Å². The van der Waals surface area contributed by atoms with Gasteiger partial charge >= 0.3 is 0 Å². The number of benzene rings is 2. The number of hydrogen-bond donors (Lipinski definition) is 2. The van der Waals surface area contributed by atoms with Crippen molar-refractivity contribution in [1.82, 2.24) is 4.98 Å². The van der Waals surface area contributed by atoms with E-state index in [1.165, 1.54) is 22.2 Å². The van der Waals surface area contributed by atoms with Gasteiger partial charge in [0.05, 0.1) is 0 Å². The van der Waals surface area contributed by atoms with Gasteiger partial charge in [-0.25, -0.2) is 0 Å². The summed E-state index contributed by atoms with van der Waals surface area (Å²) in [5, 5.41) is 1.22. The molecule has 0 fully saturated rings. The zero-order valence-corrected chi connectivity index (χ0v) is 11.5. The van der Waals surface area contributed by atoms with Gasteiger partial charge in [-0.3, -0.25) is 0 Å². The molecule has 1 heterocycles. The smallest absolute Gasteiger partial charge is 0.121 e. The molecule has 0 unspecified atom stereocenters. The number of H-pyrrole nitrogens is 1. The monoisotopic (exact) mass is 266 g/mol. The summed E-state index contributed by atoms with van der Waals surface area (Å²) in [5.74, 6) is 0.851. The predicted octanol–water partition coefficient (Wildman–Crippen LogP) is 3.48. The van der Waals surface area contributed by atoms with Crippen LogP contribution in [0.5, 0.6) is 5.75 Å². The summed E-state index contributed by atoms with van der Waals surface area (Å²) in [5.41, 5.74) is 10.2. The number of rotatable bonds is 4. The van der Waals surface area contributed by atoms with Crippen LogP contribution in [0.25, 0.3) is 22.0 Å². The summed E-state index contributed by atoms with van der Waals surface area (Å²) >= 11 is 0. The molecule has 0 atom stereocenters. The number of hydrogen-bond acceptors (Lipinski definition) is 2. The summed E-state index contributed by atoms with van der Waals surface area (Å²) in [6, 6.07) is 16.6. The van der Waals surface area contributed by atoms with Crippen molar-refractivity contribution in [3.05, 3.63) is 54.2 Å². The van der Waals surface area contributed by atoms with Crippen LogP contribution in [-0.4, -0.2) is 18.1 Å². The van der Waals surface area contributed by atoms with Crippen molar-refractivity contribution in [1.29, 1.82) is 0 Å². The van der Waals surface area contributed by atoms with Crippen molar-refractivity contribution in [2.24, 2.45) is 5.73 Å². The van der Waals surface area contributed by atoms with Gasteiger partial charge in [-0.15, -0.1) is 0 Å². The van der Waals surface area contributed by atoms with Crippen LogP contribution in [0.4, 0.5) is 0 Å². The Kier molecular flexibility index (Phi) is 3.44. The fourth-order valence-corrected chi connectivity index (χ4v) is 2.55. The second kappa shape index (κ2) is 5.39. The van der Waals surface area contributed by atoms with Gasteiger partial charge < -0.3 is 15.5 Å². The highest BCUT2D eigenvalue weighted by Gasteiger charge is 2.10. The molecule has 0 aliphatic heterocycles. The number of aromatic nitrogens is 1. The molecule has 3 nitrogen and oxygen atoms in total. The number of ether oxygens (including phenoxy) is 1. The van der Waals surface area contributed by atoms with Crippen molar-refractivity contribution in [2.45, 2.75) is 6.92 Å². The van der Waals surface area contributed by atoms with Crippen LogP contribution in [0.3, 0.4) is 0 Å². The molecule has 102 valence electrons. The molecule has 0 radical (unpaired) electrons. The van der Waals surface area contributed by atoms with Crippen LogP contribution >= 0.6 is 0 Å². The quantitative estimate of drug-likeness (QED) is 0.759. The number of fused-ring (bicyclic) bond motifs is 1. The molecule has 2 aromatic carbocycles. The molecule has 0 spiro atoms. The summed E-state index contributed by atoms with van der Waals surface area (Å²) in [6.45, 7) is 3.16. The average Bonchev–Trinajstić information content (AvgIpc) is 2.81. The molecular formula is C17H18N2O. The Morgan fingerprint density at radius 3 is 2.65 bits per heavy atom. The second-order valence-corrected chi connectivity index (χ2v) is 4.84. The van der Waals surface area contributed by atoms with Crippen LogP contribution in [0, 0.1) is 6.92 Å². The molecule has 3 rings (SSSR count). The number of aryl methyl sites for hydroxylation is 1. The molecule has 0 aliphatic rings. The minimum atomic E-state index is 0.525. The molecule has 0 saturated carbocycles. The van der Waals surface area contributed by atoms with E-state index in [2.05, 4.69) is 42.2 Å². The van der Waals surface area contributed by atoms with Crippen LogP contribution < -0.4 is 10.5 Å². The van der Waals surface area contributed by atoms with Gasteiger partial charge in [-0.2, -0.15) is 0 Å². The SMILES string of the molecule is Cc1[nH]c2cc(OCCN)ccc2c1-c1ccccc1. The highest BCUT2D eigenvalue weighted by molar-refractivity contribution is 5.98. The number of nitrogens with one attached hydrogen (secondary N) is 1. The third-order valence-electron chi connectivity index (χ3n) is 3.41. The Balaban J connectivity index is 2.08. The fraction of sp³-hybridized carbons (Fsp3) is 0.176. The van der Waals surface area contributed by atoms with E-state index < -0.39 is 0 Å². The third-order valence-corrected chi connectivity index (χ3v) is 3.41. The first-order chi connectivity index (χ1) is 9.79. The Morgan fingerprint density at radius 1 is 1.10 bits per heavy atom. The molecule has 0 bridgehead atoms. The topological polar surface area (TPSA) is 51.0 Å². The van der Waals surface area contributed by atoms with Gasteiger partial charge in [0.25, 0.3) is 0 Å². The van der Waals surface area contributed by atoms with Gasteiger partial charge in [0.15, 0.2) is 0 Å². The van der Waals surface area contributed by atoms with E-state index in [4.69, 9.17) is 10.5 Å². The first-order valence-corrected chi connectivity index (χ1v) is 6.80. The molecule has 20 heavy (non-hydrogen) atoms. The normalized spacial score (nSPS) is 10.9. The molecule has 0 amide bonds. The molecule has 0 saturated heterocycles. The first kappa shape index (κ1) is 12.8. The van der Waals surface area contributed by atoms with Gasteiger partial charge in [-0.05, 0) is 24.6 Å². The average molecular weight is 266 g/mol. The van der Waals surface area contributed by atoms with Crippen LogP contribution in [0.15, 0.2) is 48.5 Å². The molecule has 0 aliphatic carbocycles. The predicted molar refractivity (Wildman–Crippen MR) is 83.0 cm³/mol. The van der Waals surface area contributed by atoms with E-state index in [0.29, 0.717) is 13.2 Å². The Bertz CT molecular complexity index is 716. The van der Waals surface area contributed by atoms with Gasteiger partial charge in [0.1, 0.15) is 12.4 Å². The van der Waals surface area contributed by atoms with E-state index >= 15 is 0 Å². The molecule has 3 heteroatoms.